The quantitative estimate of drug-likeness (QED) is 0.746. The van der Waals surface area contributed by atoms with Crippen LogP contribution in [-0.4, -0.2) is 39.0 Å². The molecule has 1 fully saturated rings. The van der Waals surface area contributed by atoms with E-state index < -0.39 is 10.0 Å². The summed E-state index contributed by atoms with van der Waals surface area (Å²) in [5.74, 6) is -0.257. The number of morpholine rings is 1. The van der Waals surface area contributed by atoms with Gasteiger partial charge < -0.3 is 10.1 Å². The zero-order valence-corrected chi connectivity index (χ0v) is 16.5. The second-order valence-corrected chi connectivity index (χ2v) is 8.85. The molecule has 1 N–H and O–H groups in total. The van der Waals surface area contributed by atoms with Crippen molar-refractivity contribution in [3.8, 4) is 0 Å². The van der Waals surface area contributed by atoms with Crippen LogP contribution in [0.1, 0.15) is 11.1 Å². The van der Waals surface area contributed by atoms with E-state index in [1.807, 2.05) is 0 Å². The van der Waals surface area contributed by atoms with Gasteiger partial charge in [0.05, 0.1) is 18.1 Å². The van der Waals surface area contributed by atoms with E-state index >= 15 is 0 Å². The Bertz CT molecular complexity index is 853. The minimum Gasteiger partial charge on any atom is -0.379 e. The molecule has 0 saturated carbocycles. The van der Waals surface area contributed by atoms with Crippen molar-refractivity contribution in [2.75, 3.05) is 26.3 Å². The number of halogens is 2. The van der Waals surface area contributed by atoms with E-state index in [1.165, 1.54) is 10.4 Å². The summed E-state index contributed by atoms with van der Waals surface area (Å²) in [6.45, 7) is 2.51. The maximum absolute atomic E-state index is 13.7. The van der Waals surface area contributed by atoms with Gasteiger partial charge in [-0.1, -0.05) is 28.1 Å². The van der Waals surface area contributed by atoms with Gasteiger partial charge in [-0.3, -0.25) is 0 Å². The SMILES string of the molecule is O=S(=O)(c1ccc(CNCc2cc(Br)ccc2F)cc1)N1CCOCC1. The van der Waals surface area contributed by atoms with E-state index in [-0.39, 0.29) is 10.7 Å². The predicted molar refractivity (Wildman–Crippen MR) is 101 cm³/mol. The smallest absolute Gasteiger partial charge is 0.243 e. The Hall–Kier alpha value is -1.32. The van der Waals surface area contributed by atoms with Gasteiger partial charge in [-0.2, -0.15) is 4.31 Å². The van der Waals surface area contributed by atoms with E-state index in [0.29, 0.717) is 45.0 Å². The first-order valence-corrected chi connectivity index (χ1v) is 10.5. The number of ether oxygens (including phenoxy) is 1. The van der Waals surface area contributed by atoms with Crippen molar-refractivity contribution >= 4 is 26.0 Å². The lowest BCUT2D eigenvalue weighted by atomic mass is 10.2. The molecule has 3 rings (SSSR count). The van der Waals surface area contributed by atoms with Crippen LogP contribution in [-0.2, 0) is 27.8 Å². The van der Waals surface area contributed by atoms with E-state index in [9.17, 15) is 12.8 Å². The largest absolute Gasteiger partial charge is 0.379 e. The van der Waals surface area contributed by atoms with E-state index in [2.05, 4.69) is 21.2 Å². The van der Waals surface area contributed by atoms with Gasteiger partial charge in [-0.15, -0.1) is 0 Å². The first-order valence-electron chi connectivity index (χ1n) is 8.28. The Labute approximate surface area is 161 Å². The van der Waals surface area contributed by atoms with E-state index in [0.717, 1.165) is 10.0 Å². The summed E-state index contributed by atoms with van der Waals surface area (Å²) in [6, 6.07) is 11.6. The number of hydrogen-bond donors (Lipinski definition) is 1. The van der Waals surface area contributed by atoms with Crippen molar-refractivity contribution in [1.29, 1.82) is 0 Å². The topological polar surface area (TPSA) is 58.6 Å². The van der Waals surface area contributed by atoms with Crippen LogP contribution in [0.3, 0.4) is 0 Å². The van der Waals surface area contributed by atoms with Gasteiger partial charge in [-0.05, 0) is 35.9 Å². The Kier molecular flexibility index (Phi) is 6.42. The van der Waals surface area contributed by atoms with Crippen LogP contribution in [0.15, 0.2) is 51.8 Å². The van der Waals surface area contributed by atoms with Gasteiger partial charge in [0.15, 0.2) is 0 Å². The van der Waals surface area contributed by atoms with Crippen molar-refractivity contribution < 1.29 is 17.5 Å². The van der Waals surface area contributed by atoms with E-state index in [1.54, 1.807) is 36.4 Å². The minimum absolute atomic E-state index is 0.257. The number of nitrogens with one attached hydrogen (secondary N) is 1. The second-order valence-electron chi connectivity index (χ2n) is 6.00. The molecule has 0 aromatic heterocycles. The Morgan fingerprint density at radius 1 is 1.08 bits per heavy atom. The summed E-state index contributed by atoms with van der Waals surface area (Å²) >= 11 is 3.33. The second kappa shape index (κ2) is 8.58. The normalized spacial score (nSPS) is 15.9. The Morgan fingerprint density at radius 2 is 1.77 bits per heavy atom. The molecule has 1 heterocycles. The Balaban J connectivity index is 1.60. The van der Waals surface area contributed by atoms with Gasteiger partial charge in [0.25, 0.3) is 0 Å². The zero-order chi connectivity index (χ0) is 18.6. The van der Waals surface area contributed by atoms with Gasteiger partial charge in [-0.25, -0.2) is 12.8 Å². The van der Waals surface area contributed by atoms with Crippen LogP contribution >= 0.6 is 15.9 Å². The molecule has 1 saturated heterocycles. The molecule has 2 aromatic carbocycles. The molecule has 0 aliphatic carbocycles. The van der Waals surface area contributed by atoms with Crippen molar-refractivity contribution in [2.24, 2.45) is 0 Å². The average Bonchev–Trinajstić information content (AvgIpc) is 2.66. The number of hydrogen-bond acceptors (Lipinski definition) is 4. The van der Waals surface area contributed by atoms with Crippen LogP contribution in [0.4, 0.5) is 4.39 Å². The lowest BCUT2D eigenvalue weighted by Crippen LogP contribution is -2.40. The fourth-order valence-corrected chi connectivity index (χ4v) is 4.55. The summed E-state index contributed by atoms with van der Waals surface area (Å²) in [5.41, 5.74) is 1.51. The van der Waals surface area contributed by atoms with Gasteiger partial charge in [0.1, 0.15) is 5.82 Å². The summed E-state index contributed by atoms with van der Waals surface area (Å²) in [4.78, 5) is 0.279. The highest BCUT2D eigenvalue weighted by atomic mass is 79.9. The molecule has 1 aliphatic heterocycles. The van der Waals surface area contributed by atoms with Crippen LogP contribution in [0, 0.1) is 5.82 Å². The standard InChI is InChI=1S/C18H20BrFN2O3S/c19-16-3-6-18(20)15(11-16)13-21-12-14-1-4-17(5-2-14)26(23,24)22-7-9-25-10-8-22/h1-6,11,21H,7-10,12-13H2. The van der Waals surface area contributed by atoms with E-state index in [4.69, 9.17) is 4.74 Å². The molecule has 0 atom stereocenters. The third-order valence-corrected chi connectivity index (χ3v) is 6.59. The summed E-state index contributed by atoms with van der Waals surface area (Å²) in [6.07, 6.45) is 0. The molecular formula is C18H20BrFN2O3S. The number of benzene rings is 2. The molecule has 1 aliphatic rings. The molecule has 2 aromatic rings. The fourth-order valence-electron chi connectivity index (χ4n) is 2.74. The molecule has 140 valence electrons. The van der Waals surface area contributed by atoms with Crippen molar-refractivity contribution in [3.05, 3.63) is 63.9 Å². The Morgan fingerprint density at radius 3 is 2.46 bits per heavy atom. The highest BCUT2D eigenvalue weighted by Crippen LogP contribution is 2.18. The van der Waals surface area contributed by atoms with Crippen molar-refractivity contribution in [1.82, 2.24) is 9.62 Å². The maximum Gasteiger partial charge on any atom is 0.243 e. The molecule has 26 heavy (non-hydrogen) atoms. The third-order valence-electron chi connectivity index (χ3n) is 4.18. The van der Waals surface area contributed by atoms with Crippen LogP contribution in [0.25, 0.3) is 0 Å². The first-order chi connectivity index (χ1) is 12.5. The summed E-state index contributed by atoms with van der Waals surface area (Å²) in [7, 11) is -3.47. The minimum atomic E-state index is -3.47. The summed E-state index contributed by atoms with van der Waals surface area (Å²) in [5, 5.41) is 3.17. The van der Waals surface area contributed by atoms with Gasteiger partial charge in [0, 0.05) is 36.2 Å². The predicted octanol–water partition coefficient (Wildman–Crippen LogP) is 2.90. The van der Waals surface area contributed by atoms with Crippen LogP contribution in [0.2, 0.25) is 0 Å². The molecular weight excluding hydrogens is 423 g/mol. The molecule has 0 radical (unpaired) electrons. The molecule has 8 heteroatoms. The number of nitrogens with zero attached hydrogens (tertiary/aromatic N) is 1. The molecule has 0 bridgehead atoms. The number of sulfonamides is 1. The van der Waals surface area contributed by atoms with Crippen LogP contribution < -0.4 is 5.32 Å². The maximum atomic E-state index is 13.7. The molecule has 0 spiro atoms. The lowest BCUT2D eigenvalue weighted by molar-refractivity contribution is 0.0730. The fraction of sp³-hybridized carbons (Fsp3) is 0.333. The molecule has 0 unspecified atom stereocenters. The highest BCUT2D eigenvalue weighted by Gasteiger charge is 2.25. The molecule has 0 amide bonds. The monoisotopic (exact) mass is 442 g/mol. The van der Waals surface area contributed by atoms with Gasteiger partial charge in [0.2, 0.25) is 10.0 Å². The average molecular weight is 443 g/mol. The number of rotatable bonds is 6. The van der Waals surface area contributed by atoms with Crippen molar-refractivity contribution in [3.63, 3.8) is 0 Å². The lowest BCUT2D eigenvalue weighted by Gasteiger charge is -2.26. The molecule has 5 nitrogen and oxygen atoms in total. The zero-order valence-electron chi connectivity index (χ0n) is 14.1. The first kappa shape index (κ1) is 19.4. The highest BCUT2D eigenvalue weighted by molar-refractivity contribution is 9.10. The summed E-state index contributed by atoms with van der Waals surface area (Å²) < 4.78 is 46.3. The van der Waals surface area contributed by atoms with Crippen LogP contribution in [0.5, 0.6) is 0 Å². The van der Waals surface area contributed by atoms with Crippen molar-refractivity contribution in [2.45, 2.75) is 18.0 Å². The van der Waals surface area contributed by atoms with Gasteiger partial charge >= 0.3 is 0 Å². The third kappa shape index (κ3) is 4.69.